The Hall–Kier alpha value is -3.45. The van der Waals surface area contributed by atoms with Crippen LogP contribution in [0.4, 0.5) is 4.79 Å². The number of carbonyl (C=O) groups is 1. The van der Waals surface area contributed by atoms with Gasteiger partial charge in [0.1, 0.15) is 12.8 Å². The van der Waals surface area contributed by atoms with Gasteiger partial charge in [-0.2, -0.15) is 0 Å². The lowest BCUT2D eigenvalue weighted by Crippen LogP contribution is -2.48. The molecule has 7 nitrogen and oxygen atoms in total. The predicted octanol–water partition coefficient (Wildman–Crippen LogP) is 8.83. The Kier molecular flexibility index (Phi) is 11.2. The number of fused-ring (bicyclic) bond motifs is 1. The quantitative estimate of drug-likeness (QED) is 0.0758. The fourth-order valence-electron chi connectivity index (χ4n) is 5.53. The van der Waals surface area contributed by atoms with Crippen LogP contribution in [0.5, 0.6) is 0 Å². The molecule has 0 aliphatic rings. The van der Waals surface area contributed by atoms with Gasteiger partial charge in [0.05, 0.1) is 10.4 Å². The molecule has 246 valence electrons. The largest absolute Gasteiger partial charge is 0.444 e. The van der Waals surface area contributed by atoms with E-state index in [2.05, 4.69) is 45.9 Å². The van der Waals surface area contributed by atoms with Crippen LogP contribution in [0.1, 0.15) is 23.1 Å². The molecule has 0 radical (unpaired) electrons. The standard InChI is InChI=1S/C36H48N2O5SSi2/c1-28-18-20-32(21-19-28)44(40,41)38-25-31(33-16-12-13-17-34(33)38)22-23-37(36(39)42-26-30-14-10-9-11-15-30)35(43-46(6,7)8)24-29(2)27-45(3,4)5/h9-21,25,35H,2,22-24,26-27H2,1,3-8H3. The van der Waals surface area contributed by atoms with Crippen molar-refractivity contribution in [3.05, 3.63) is 114 Å². The number of hydrogen-bond donors (Lipinski definition) is 0. The highest BCUT2D eigenvalue weighted by Crippen LogP contribution is 2.29. The maximum absolute atomic E-state index is 13.9. The second-order valence-corrected chi connectivity index (χ2v) is 25.9. The summed E-state index contributed by atoms with van der Waals surface area (Å²) in [5.41, 5.74) is 4.35. The van der Waals surface area contributed by atoms with Gasteiger partial charge in [-0.15, -0.1) is 0 Å². The number of aromatic nitrogens is 1. The third-order valence-corrected chi connectivity index (χ3v) is 11.7. The van der Waals surface area contributed by atoms with Crippen molar-refractivity contribution in [2.24, 2.45) is 0 Å². The van der Waals surface area contributed by atoms with Gasteiger partial charge < -0.3 is 9.16 Å². The number of amides is 1. The lowest BCUT2D eigenvalue weighted by Gasteiger charge is -2.36. The first kappa shape index (κ1) is 35.4. The third kappa shape index (κ3) is 9.54. The first-order chi connectivity index (χ1) is 21.5. The van der Waals surface area contributed by atoms with Gasteiger partial charge in [0.15, 0.2) is 8.32 Å². The van der Waals surface area contributed by atoms with E-state index in [1.807, 2.05) is 61.5 Å². The molecule has 4 aromatic rings. The van der Waals surface area contributed by atoms with E-state index in [0.717, 1.165) is 33.7 Å². The molecule has 3 aromatic carbocycles. The van der Waals surface area contributed by atoms with Crippen molar-refractivity contribution in [1.29, 1.82) is 0 Å². The highest BCUT2D eigenvalue weighted by atomic mass is 32.2. The molecule has 0 aliphatic carbocycles. The number of rotatable bonds is 14. The number of ether oxygens (including phenoxy) is 1. The van der Waals surface area contributed by atoms with Crippen molar-refractivity contribution < 1.29 is 22.4 Å². The molecule has 0 N–H and O–H groups in total. The van der Waals surface area contributed by atoms with E-state index in [9.17, 15) is 13.2 Å². The van der Waals surface area contributed by atoms with Crippen LogP contribution in [-0.2, 0) is 32.2 Å². The average Bonchev–Trinajstić information content (AvgIpc) is 3.34. The number of aryl methyl sites for hydroxylation is 1. The van der Waals surface area contributed by atoms with Crippen LogP contribution in [0.25, 0.3) is 10.9 Å². The molecule has 1 unspecified atom stereocenters. The summed E-state index contributed by atoms with van der Waals surface area (Å²) in [6.07, 6.45) is 1.58. The monoisotopic (exact) mass is 676 g/mol. The first-order valence-electron chi connectivity index (χ1n) is 15.8. The molecule has 0 saturated heterocycles. The van der Waals surface area contributed by atoms with Crippen LogP contribution in [0.15, 0.2) is 102 Å². The highest BCUT2D eigenvalue weighted by molar-refractivity contribution is 7.90. The molecular weight excluding hydrogens is 629 g/mol. The zero-order chi connectivity index (χ0) is 33.7. The van der Waals surface area contributed by atoms with E-state index < -0.39 is 38.7 Å². The van der Waals surface area contributed by atoms with E-state index in [0.29, 0.717) is 18.4 Å². The number of carbonyl (C=O) groups excluding carboxylic acids is 1. The van der Waals surface area contributed by atoms with Crippen LogP contribution >= 0.6 is 0 Å². The molecule has 1 amide bonds. The molecule has 1 aromatic heterocycles. The summed E-state index contributed by atoms with van der Waals surface area (Å²) in [7, 11) is -7.42. The summed E-state index contributed by atoms with van der Waals surface area (Å²) in [5.74, 6) is 0. The summed E-state index contributed by atoms with van der Waals surface area (Å²) in [5, 5.41) is 0.821. The topological polar surface area (TPSA) is 77.8 Å². The summed E-state index contributed by atoms with van der Waals surface area (Å²) >= 11 is 0. The fraction of sp³-hybridized carbons (Fsp3) is 0.361. The number of hydrogen-bond acceptors (Lipinski definition) is 5. The van der Waals surface area contributed by atoms with Gasteiger partial charge in [-0.25, -0.2) is 17.2 Å². The first-order valence-corrected chi connectivity index (χ1v) is 24.3. The molecule has 0 bridgehead atoms. The molecule has 0 saturated carbocycles. The number of benzene rings is 3. The minimum absolute atomic E-state index is 0.139. The lowest BCUT2D eigenvalue weighted by atomic mass is 10.1. The molecule has 4 rings (SSSR count). The zero-order valence-electron chi connectivity index (χ0n) is 28.2. The van der Waals surface area contributed by atoms with Crippen LogP contribution in [-0.4, -0.2) is 52.5 Å². The van der Waals surface area contributed by atoms with Crippen molar-refractivity contribution in [3.8, 4) is 0 Å². The average molecular weight is 677 g/mol. The van der Waals surface area contributed by atoms with Gasteiger partial charge in [-0.05, 0) is 68.4 Å². The van der Waals surface area contributed by atoms with Crippen molar-refractivity contribution >= 4 is 43.4 Å². The minimum atomic E-state index is -3.84. The van der Waals surface area contributed by atoms with Crippen molar-refractivity contribution in [2.45, 2.75) is 82.8 Å². The van der Waals surface area contributed by atoms with Gasteiger partial charge in [0.25, 0.3) is 10.0 Å². The zero-order valence-corrected chi connectivity index (χ0v) is 31.1. The van der Waals surface area contributed by atoms with Crippen molar-refractivity contribution in [2.75, 3.05) is 6.54 Å². The fourth-order valence-corrected chi connectivity index (χ4v) is 9.59. The van der Waals surface area contributed by atoms with E-state index in [1.54, 1.807) is 35.4 Å². The number of nitrogens with zero attached hydrogens (tertiary/aromatic N) is 2. The van der Waals surface area contributed by atoms with Crippen molar-refractivity contribution in [3.63, 3.8) is 0 Å². The Labute approximate surface area is 277 Å². The normalized spacial score (nSPS) is 13.0. The highest BCUT2D eigenvalue weighted by Gasteiger charge is 2.32. The van der Waals surface area contributed by atoms with E-state index in [1.165, 1.54) is 3.97 Å². The summed E-state index contributed by atoms with van der Waals surface area (Å²) in [4.78, 5) is 15.8. The van der Waals surface area contributed by atoms with Gasteiger partial charge in [-0.1, -0.05) is 98.0 Å². The Balaban J connectivity index is 1.69. The maximum Gasteiger partial charge on any atom is 0.412 e. The van der Waals surface area contributed by atoms with Crippen LogP contribution in [0.2, 0.25) is 45.3 Å². The van der Waals surface area contributed by atoms with Crippen LogP contribution in [0.3, 0.4) is 0 Å². The molecule has 1 heterocycles. The molecule has 1 atom stereocenters. The summed E-state index contributed by atoms with van der Waals surface area (Å²) < 4.78 is 41.5. The lowest BCUT2D eigenvalue weighted by molar-refractivity contribution is 0.00881. The molecular formula is C36H48N2O5SSi2. The SMILES string of the molecule is C=C(CC(O[Si](C)(C)C)N(CCc1cn(S(=O)(=O)c2ccc(C)cc2)c2ccccc12)C(=O)OCc1ccccc1)C[Si](C)(C)C. The van der Waals surface area contributed by atoms with Crippen molar-refractivity contribution in [1.82, 2.24) is 8.87 Å². The molecule has 0 fully saturated rings. The van der Waals surface area contributed by atoms with E-state index in [4.69, 9.17) is 9.16 Å². The predicted molar refractivity (Wildman–Crippen MR) is 193 cm³/mol. The van der Waals surface area contributed by atoms with E-state index >= 15 is 0 Å². The smallest absolute Gasteiger partial charge is 0.412 e. The second-order valence-electron chi connectivity index (χ2n) is 14.1. The number of para-hydroxylation sites is 1. The molecule has 46 heavy (non-hydrogen) atoms. The third-order valence-electron chi connectivity index (χ3n) is 7.48. The second kappa shape index (κ2) is 14.5. The Morgan fingerprint density at radius 2 is 1.54 bits per heavy atom. The van der Waals surface area contributed by atoms with Gasteiger partial charge in [-0.3, -0.25) is 4.90 Å². The van der Waals surface area contributed by atoms with E-state index in [-0.39, 0.29) is 18.0 Å². The Morgan fingerprint density at radius 1 is 0.913 bits per heavy atom. The molecule has 0 aliphatic heterocycles. The minimum Gasteiger partial charge on any atom is -0.444 e. The Morgan fingerprint density at radius 3 is 2.17 bits per heavy atom. The Bertz CT molecular complexity index is 1760. The van der Waals surface area contributed by atoms with Gasteiger partial charge in [0.2, 0.25) is 0 Å². The van der Waals surface area contributed by atoms with Crippen LogP contribution < -0.4 is 0 Å². The molecule has 0 spiro atoms. The van der Waals surface area contributed by atoms with Gasteiger partial charge in [0, 0.05) is 32.6 Å². The summed E-state index contributed by atoms with van der Waals surface area (Å²) in [6.45, 7) is 20.0. The molecule has 10 heteroatoms. The van der Waals surface area contributed by atoms with Crippen LogP contribution in [0, 0.1) is 6.92 Å². The van der Waals surface area contributed by atoms with Gasteiger partial charge >= 0.3 is 6.09 Å². The maximum atomic E-state index is 13.9. The summed E-state index contributed by atoms with van der Waals surface area (Å²) in [6, 6.07) is 24.9.